The van der Waals surface area contributed by atoms with Gasteiger partial charge in [-0.15, -0.1) is 0 Å². The highest BCUT2D eigenvalue weighted by Crippen LogP contribution is 2.36. The lowest BCUT2D eigenvalue weighted by Crippen LogP contribution is -2.14. The Labute approximate surface area is 128 Å². The lowest BCUT2D eigenvalue weighted by atomic mass is 10.1. The molecule has 106 valence electrons. The second kappa shape index (κ2) is 5.83. The van der Waals surface area contributed by atoms with Crippen molar-refractivity contribution in [3.05, 3.63) is 45.6 Å². The molecule has 1 aromatic heterocycles. The Morgan fingerprint density at radius 1 is 1.10 bits per heavy atom. The van der Waals surface area contributed by atoms with E-state index in [9.17, 15) is 0 Å². The SMILES string of the molecule is COc1c(C)cc(C)cc1N(C)c1ncc(Br)cc1C. The van der Waals surface area contributed by atoms with Crippen LogP contribution in [0.3, 0.4) is 0 Å². The van der Waals surface area contributed by atoms with Crippen LogP contribution in [-0.2, 0) is 0 Å². The van der Waals surface area contributed by atoms with Crippen LogP contribution >= 0.6 is 15.9 Å². The third kappa shape index (κ3) is 2.80. The van der Waals surface area contributed by atoms with Gasteiger partial charge in [0.05, 0.1) is 12.8 Å². The van der Waals surface area contributed by atoms with E-state index in [1.54, 1.807) is 7.11 Å². The smallest absolute Gasteiger partial charge is 0.145 e. The molecule has 0 bridgehead atoms. The number of anilines is 2. The predicted octanol–water partition coefficient (Wildman–Crippen LogP) is 4.55. The van der Waals surface area contributed by atoms with Crippen LogP contribution < -0.4 is 9.64 Å². The molecule has 0 saturated carbocycles. The van der Waals surface area contributed by atoms with Crippen LogP contribution in [-0.4, -0.2) is 19.1 Å². The molecule has 20 heavy (non-hydrogen) atoms. The van der Waals surface area contributed by atoms with E-state index in [1.165, 1.54) is 5.56 Å². The highest BCUT2D eigenvalue weighted by Gasteiger charge is 2.15. The van der Waals surface area contributed by atoms with Crippen LogP contribution in [0.25, 0.3) is 0 Å². The molecule has 0 unspecified atom stereocenters. The number of halogens is 1. The van der Waals surface area contributed by atoms with Gasteiger partial charge in [0.1, 0.15) is 11.6 Å². The highest BCUT2D eigenvalue weighted by molar-refractivity contribution is 9.10. The average Bonchev–Trinajstić information content (AvgIpc) is 2.37. The number of hydrogen-bond donors (Lipinski definition) is 0. The van der Waals surface area contributed by atoms with Crippen molar-refractivity contribution in [2.24, 2.45) is 0 Å². The van der Waals surface area contributed by atoms with Crippen LogP contribution in [0, 0.1) is 20.8 Å². The number of rotatable bonds is 3. The van der Waals surface area contributed by atoms with Crippen LogP contribution in [0.5, 0.6) is 5.75 Å². The first kappa shape index (κ1) is 14.9. The lowest BCUT2D eigenvalue weighted by molar-refractivity contribution is 0.412. The molecular formula is C16H19BrN2O. The summed E-state index contributed by atoms with van der Waals surface area (Å²) in [4.78, 5) is 6.58. The normalized spacial score (nSPS) is 10.5. The van der Waals surface area contributed by atoms with Crippen LogP contribution in [0.2, 0.25) is 0 Å². The fourth-order valence-corrected chi connectivity index (χ4v) is 2.89. The first-order valence-electron chi connectivity index (χ1n) is 6.45. The quantitative estimate of drug-likeness (QED) is 0.823. The Morgan fingerprint density at radius 3 is 2.40 bits per heavy atom. The maximum Gasteiger partial charge on any atom is 0.145 e. The highest BCUT2D eigenvalue weighted by atomic mass is 79.9. The van der Waals surface area contributed by atoms with Gasteiger partial charge in [-0.2, -0.15) is 0 Å². The second-order valence-corrected chi connectivity index (χ2v) is 5.90. The van der Waals surface area contributed by atoms with Gasteiger partial charge >= 0.3 is 0 Å². The summed E-state index contributed by atoms with van der Waals surface area (Å²) >= 11 is 3.45. The zero-order chi connectivity index (χ0) is 14.9. The molecule has 2 rings (SSSR count). The summed E-state index contributed by atoms with van der Waals surface area (Å²) in [6, 6.07) is 6.31. The molecule has 0 radical (unpaired) electrons. The van der Waals surface area contributed by atoms with Gasteiger partial charge in [0.25, 0.3) is 0 Å². The number of methoxy groups -OCH3 is 1. The minimum absolute atomic E-state index is 0.891. The zero-order valence-corrected chi connectivity index (χ0v) is 14.1. The van der Waals surface area contributed by atoms with Gasteiger partial charge < -0.3 is 9.64 Å². The summed E-state index contributed by atoms with van der Waals surface area (Å²) < 4.78 is 6.54. The van der Waals surface area contributed by atoms with Gasteiger partial charge in [0, 0.05) is 17.7 Å². The van der Waals surface area contributed by atoms with Gasteiger partial charge in [-0.05, 0) is 65.5 Å². The zero-order valence-electron chi connectivity index (χ0n) is 12.5. The molecule has 0 atom stereocenters. The molecule has 0 fully saturated rings. The van der Waals surface area contributed by atoms with Gasteiger partial charge in [-0.1, -0.05) is 6.07 Å². The Balaban J connectivity index is 2.55. The third-order valence-corrected chi connectivity index (χ3v) is 3.73. The van der Waals surface area contributed by atoms with Crippen molar-refractivity contribution in [1.82, 2.24) is 4.98 Å². The molecule has 1 aromatic carbocycles. The molecule has 0 aliphatic heterocycles. The maximum atomic E-state index is 5.56. The number of aryl methyl sites for hydroxylation is 3. The molecular weight excluding hydrogens is 316 g/mol. The molecule has 0 spiro atoms. The van der Waals surface area contributed by atoms with E-state index in [-0.39, 0.29) is 0 Å². The Kier molecular flexibility index (Phi) is 4.33. The van der Waals surface area contributed by atoms with E-state index in [0.717, 1.165) is 32.9 Å². The van der Waals surface area contributed by atoms with Crippen LogP contribution in [0.4, 0.5) is 11.5 Å². The van der Waals surface area contributed by atoms with Crippen molar-refractivity contribution in [3.8, 4) is 5.75 Å². The minimum atomic E-state index is 0.891. The van der Waals surface area contributed by atoms with Gasteiger partial charge in [-0.3, -0.25) is 0 Å². The molecule has 0 amide bonds. The summed E-state index contributed by atoms with van der Waals surface area (Å²) in [6.07, 6.45) is 1.81. The monoisotopic (exact) mass is 334 g/mol. The fraction of sp³-hybridized carbons (Fsp3) is 0.312. The van der Waals surface area contributed by atoms with Gasteiger partial charge in [-0.25, -0.2) is 4.98 Å². The van der Waals surface area contributed by atoms with Crippen molar-refractivity contribution >= 4 is 27.4 Å². The van der Waals surface area contributed by atoms with E-state index in [1.807, 2.05) is 13.2 Å². The van der Waals surface area contributed by atoms with Gasteiger partial charge in [0.15, 0.2) is 0 Å². The molecule has 1 heterocycles. The number of aromatic nitrogens is 1. The predicted molar refractivity (Wildman–Crippen MR) is 87.2 cm³/mol. The standard InChI is InChI=1S/C16H19BrN2O/c1-10-6-11(2)15(20-5)14(7-10)19(4)16-12(3)8-13(17)9-18-16/h6-9H,1-5H3. The van der Waals surface area contributed by atoms with E-state index < -0.39 is 0 Å². The van der Waals surface area contributed by atoms with Crippen molar-refractivity contribution in [1.29, 1.82) is 0 Å². The van der Waals surface area contributed by atoms with Crippen LogP contribution in [0.1, 0.15) is 16.7 Å². The molecule has 4 heteroatoms. The number of pyridine rings is 1. The number of benzene rings is 1. The van der Waals surface area contributed by atoms with Crippen molar-refractivity contribution in [2.45, 2.75) is 20.8 Å². The molecule has 0 aliphatic carbocycles. The average molecular weight is 335 g/mol. The summed E-state index contributed by atoms with van der Waals surface area (Å²) in [7, 11) is 3.72. The molecule has 2 aromatic rings. The van der Waals surface area contributed by atoms with E-state index in [0.29, 0.717) is 0 Å². The van der Waals surface area contributed by atoms with Crippen molar-refractivity contribution in [3.63, 3.8) is 0 Å². The summed E-state index contributed by atoms with van der Waals surface area (Å²) in [6.45, 7) is 6.20. The Morgan fingerprint density at radius 2 is 1.80 bits per heavy atom. The van der Waals surface area contributed by atoms with Crippen LogP contribution in [0.15, 0.2) is 28.9 Å². The Hall–Kier alpha value is -1.55. The second-order valence-electron chi connectivity index (χ2n) is 4.99. The van der Waals surface area contributed by atoms with E-state index in [4.69, 9.17) is 4.74 Å². The first-order chi connectivity index (χ1) is 9.43. The fourth-order valence-electron chi connectivity index (χ4n) is 2.45. The number of ether oxygens (including phenoxy) is 1. The molecule has 3 nitrogen and oxygen atoms in total. The molecule has 0 aliphatic rings. The Bertz CT molecular complexity index is 641. The van der Waals surface area contributed by atoms with E-state index >= 15 is 0 Å². The van der Waals surface area contributed by atoms with Crippen molar-refractivity contribution in [2.75, 3.05) is 19.1 Å². The largest absolute Gasteiger partial charge is 0.494 e. The minimum Gasteiger partial charge on any atom is -0.494 e. The summed E-state index contributed by atoms with van der Waals surface area (Å²) in [5, 5.41) is 0. The lowest BCUT2D eigenvalue weighted by Gasteiger charge is -2.24. The number of nitrogens with zero attached hydrogens (tertiary/aromatic N) is 2. The molecule has 0 N–H and O–H groups in total. The number of hydrogen-bond acceptors (Lipinski definition) is 3. The van der Waals surface area contributed by atoms with E-state index in [2.05, 4.69) is 64.8 Å². The first-order valence-corrected chi connectivity index (χ1v) is 7.24. The van der Waals surface area contributed by atoms with Crippen molar-refractivity contribution < 1.29 is 4.74 Å². The maximum absolute atomic E-state index is 5.56. The summed E-state index contributed by atoms with van der Waals surface area (Å²) in [5.74, 6) is 1.82. The third-order valence-electron chi connectivity index (χ3n) is 3.30. The molecule has 0 saturated heterocycles. The summed E-state index contributed by atoms with van der Waals surface area (Å²) in [5.41, 5.74) is 4.48. The topological polar surface area (TPSA) is 25.4 Å². The van der Waals surface area contributed by atoms with Gasteiger partial charge in [0.2, 0.25) is 0 Å².